The van der Waals surface area contributed by atoms with Crippen LogP contribution in [-0.4, -0.2) is 123 Å². The van der Waals surface area contributed by atoms with Crippen molar-refractivity contribution in [3.05, 3.63) is 11.6 Å². The lowest BCUT2D eigenvalue weighted by atomic mass is 9.33. The van der Waals surface area contributed by atoms with Crippen LogP contribution in [0.5, 0.6) is 0 Å². The number of ether oxygens (including phenoxy) is 3. The van der Waals surface area contributed by atoms with E-state index in [4.69, 9.17) is 14.2 Å². The van der Waals surface area contributed by atoms with Crippen molar-refractivity contribution >= 4 is 5.97 Å². The number of aliphatic hydroxyl groups is 8. The van der Waals surface area contributed by atoms with Gasteiger partial charge in [0.2, 0.25) is 0 Å². The van der Waals surface area contributed by atoms with Gasteiger partial charge in [-0.05, 0) is 90.8 Å². The molecule has 12 nitrogen and oxygen atoms in total. The summed E-state index contributed by atoms with van der Waals surface area (Å²) in [5.74, 6) is -0.880. The zero-order chi connectivity index (χ0) is 36.1. The number of hydrogen-bond donors (Lipinski definition) is 8. The van der Waals surface area contributed by atoms with Crippen molar-refractivity contribution in [2.75, 3.05) is 26.9 Å². The Balaban J connectivity index is 1.38. The van der Waals surface area contributed by atoms with Crippen LogP contribution in [0.4, 0.5) is 0 Å². The minimum atomic E-state index is -1.70. The van der Waals surface area contributed by atoms with Gasteiger partial charge in [0.1, 0.15) is 29.8 Å². The molecule has 0 bridgehead atoms. The fraction of sp³-hybridized carbons (Fsp3) is 0.919. The van der Waals surface area contributed by atoms with E-state index in [9.17, 15) is 45.6 Å². The molecule has 6 rings (SSSR count). The van der Waals surface area contributed by atoms with Crippen LogP contribution in [0.15, 0.2) is 11.6 Å². The second kappa shape index (κ2) is 12.5. The van der Waals surface area contributed by atoms with Crippen molar-refractivity contribution in [2.45, 2.75) is 135 Å². The van der Waals surface area contributed by atoms with Crippen LogP contribution < -0.4 is 0 Å². The van der Waals surface area contributed by atoms with Crippen LogP contribution in [-0.2, 0) is 19.0 Å². The maximum absolute atomic E-state index is 13.6. The summed E-state index contributed by atoms with van der Waals surface area (Å²) in [5.41, 5.74) is -2.62. The summed E-state index contributed by atoms with van der Waals surface area (Å²) in [6.07, 6.45) is -4.02. The lowest BCUT2D eigenvalue weighted by Gasteiger charge is -2.72. The van der Waals surface area contributed by atoms with Crippen molar-refractivity contribution in [1.29, 1.82) is 0 Å². The Morgan fingerprint density at radius 3 is 2.16 bits per heavy atom. The Labute approximate surface area is 289 Å². The van der Waals surface area contributed by atoms with Crippen LogP contribution in [0.3, 0.4) is 0 Å². The zero-order valence-electron chi connectivity index (χ0n) is 29.9. The Morgan fingerprint density at radius 1 is 0.878 bits per heavy atom. The third kappa shape index (κ3) is 5.02. The topological polar surface area (TPSA) is 207 Å². The summed E-state index contributed by atoms with van der Waals surface area (Å²) in [6, 6.07) is 0. The van der Waals surface area contributed by atoms with Crippen molar-refractivity contribution in [2.24, 2.45) is 50.2 Å². The summed E-state index contributed by atoms with van der Waals surface area (Å²) in [6.45, 7) is 9.38. The average molecular weight is 697 g/mol. The van der Waals surface area contributed by atoms with Gasteiger partial charge in [-0.2, -0.15) is 0 Å². The van der Waals surface area contributed by atoms with Crippen molar-refractivity contribution < 1.29 is 59.9 Å². The predicted octanol–water partition coefficient (Wildman–Crippen LogP) is 1.03. The number of allylic oxidation sites excluding steroid dienone is 2. The minimum absolute atomic E-state index is 0.0201. The third-order valence-electron chi connectivity index (χ3n) is 15.5. The third-order valence-corrected chi connectivity index (χ3v) is 15.5. The van der Waals surface area contributed by atoms with E-state index in [0.717, 1.165) is 12.8 Å². The number of methoxy groups -OCH3 is 1. The molecule has 5 fully saturated rings. The Bertz CT molecular complexity index is 1300. The van der Waals surface area contributed by atoms with E-state index in [2.05, 4.69) is 40.7 Å². The molecule has 1 heterocycles. The van der Waals surface area contributed by atoms with Crippen LogP contribution in [0.2, 0.25) is 0 Å². The molecule has 15 atom stereocenters. The fourth-order valence-electron chi connectivity index (χ4n) is 12.6. The quantitative estimate of drug-likeness (QED) is 0.111. The molecule has 0 aromatic carbocycles. The van der Waals surface area contributed by atoms with Gasteiger partial charge in [-0.3, -0.25) is 4.79 Å². The molecule has 0 aromatic heterocycles. The highest BCUT2D eigenvalue weighted by Crippen LogP contribution is 2.76. The number of hydrogen-bond acceptors (Lipinski definition) is 12. The van der Waals surface area contributed by atoms with E-state index in [1.165, 1.54) is 12.7 Å². The van der Waals surface area contributed by atoms with Crippen LogP contribution in [0.25, 0.3) is 0 Å². The van der Waals surface area contributed by atoms with Gasteiger partial charge in [-0.25, -0.2) is 0 Å². The fourth-order valence-corrected chi connectivity index (χ4v) is 12.6. The van der Waals surface area contributed by atoms with Gasteiger partial charge in [0, 0.05) is 5.41 Å². The summed E-state index contributed by atoms with van der Waals surface area (Å²) < 4.78 is 17.2. The first-order valence-electron chi connectivity index (χ1n) is 18.2. The second-order valence-corrected chi connectivity index (χ2v) is 18.0. The minimum Gasteiger partial charge on any atom is -0.468 e. The summed E-state index contributed by atoms with van der Waals surface area (Å²) in [5, 5.41) is 87.4. The Kier molecular flexibility index (Phi) is 9.55. The van der Waals surface area contributed by atoms with Gasteiger partial charge < -0.3 is 55.1 Å². The maximum Gasteiger partial charge on any atom is 0.315 e. The molecule has 6 aliphatic rings. The number of fused-ring (bicyclic) bond motifs is 7. The highest BCUT2D eigenvalue weighted by molar-refractivity contribution is 5.79. The lowest BCUT2D eigenvalue weighted by Crippen LogP contribution is -2.71. The van der Waals surface area contributed by atoms with E-state index in [0.29, 0.717) is 32.1 Å². The van der Waals surface area contributed by atoms with Gasteiger partial charge >= 0.3 is 5.97 Å². The SMILES string of the molecule is COC(=O)[C@]12CCC(C)(C)C[C@H]1C1=CC[C@@H]3[C@@]4(C)C[C@H](O)[C@H](O[C@@H]5O[C@H](CO)[C@@H](O)[C@H](O)[C@H]5O)C(CO)(CO)[C@@H]4CC[C@@]3(C)[C@]1(C)C[C@H]2O. The van der Waals surface area contributed by atoms with Gasteiger partial charge in [0.05, 0.1) is 45.2 Å². The molecule has 0 spiro atoms. The highest BCUT2D eigenvalue weighted by Gasteiger charge is 2.73. The number of esters is 1. The normalized spacial score (nSPS) is 51.7. The average Bonchev–Trinajstić information content (AvgIpc) is 3.05. The van der Waals surface area contributed by atoms with E-state index in [1.807, 2.05) is 0 Å². The lowest BCUT2D eigenvalue weighted by molar-refractivity contribution is -0.349. The molecule has 5 aliphatic carbocycles. The van der Waals surface area contributed by atoms with Crippen molar-refractivity contribution in [3.8, 4) is 0 Å². The molecule has 8 N–H and O–H groups in total. The predicted molar refractivity (Wildman–Crippen MR) is 175 cm³/mol. The maximum atomic E-state index is 13.6. The molecule has 280 valence electrons. The molecule has 4 saturated carbocycles. The first-order valence-corrected chi connectivity index (χ1v) is 18.2. The number of carbonyl (C=O) groups is 1. The van der Waals surface area contributed by atoms with Gasteiger partial charge in [-0.15, -0.1) is 0 Å². The number of aliphatic hydroxyl groups excluding tert-OH is 8. The molecule has 0 radical (unpaired) electrons. The summed E-state index contributed by atoms with van der Waals surface area (Å²) in [4.78, 5) is 13.6. The monoisotopic (exact) mass is 696 g/mol. The largest absolute Gasteiger partial charge is 0.468 e. The second-order valence-electron chi connectivity index (χ2n) is 18.0. The Hall–Kier alpha value is -1.19. The van der Waals surface area contributed by atoms with E-state index in [-0.39, 0.29) is 41.0 Å². The standard InChI is InChI=1S/C37H60O12/c1-32(2)11-12-37(31(46)47-6)20(13-32)19-7-8-23-33(3)14-21(41)29(49-30-28(45)27(44)26(43)22(16-38)48-30)36(17-39,18-40)24(33)9-10-34(23,4)35(19,5)15-25(37)42/h7,20-30,38-45H,8-18H2,1-6H3/t20-,21-,22+,23+,24+,25+,26+,27-,28+,29-,30-,33+,34+,35+,37+/m0/s1. The summed E-state index contributed by atoms with van der Waals surface area (Å²) >= 11 is 0. The van der Waals surface area contributed by atoms with Gasteiger partial charge in [0.25, 0.3) is 0 Å². The summed E-state index contributed by atoms with van der Waals surface area (Å²) in [7, 11) is 1.40. The molecule has 1 saturated heterocycles. The first kappa shape index (κ1) is 37.6. The first-order chi connectivity index (χ1) is 22.9. The van der Waals surface area contributed by atoms with Crippen molar-refractivity contribution in [1.82, 2.24) is 0 Å². The molecule has 1 aliphatic heterocycles. The van der Waals surface area contributed by atoms with E-state index in [1.54, 1.807) is 0 Å². The molecule has 0 amide bonds. The Morgan fingerprint density at radius 2 is 1.55 bits per heavy atom. The molecular formula is C37H60O12. The van der Waals surface area contributed by atoms with E-state index < -0.39 is 90.5 Å². The molecule has 12 heteroatoms. The van der Waals surface area contributed by atoms with Gasteiger partial charge in [0.15, 0.2) is 6.29 Å². The molecule has 49 heavy (non-hydrogen) atoms. The van der Waals surface area contributed by atoms with Crippen molar-refractivity contribution in [3.63, 3.8) is 0 Å². The number of carbonyl (C=O) groups excluding carboxylic acids is 1. The van der Waals surface area contributed by atoms with Gasteiger partial charge in [-0.1, -0.05) is 46.3 Å². The van der Waals surface area contributed by atoms with Crippen LogP contribution >= 0.6 is 0 Å². The molecular weight excluding hydrogens is 636 g/mol. The zero-order valence-corrected chi connectivity index (χ0v) is 29.9. The molecule has 0 unspecified atom stereocenters. The number of rotatable bonds is 6. The highest BCUT2D eigenvalue weighted by atomic mass is 16.7. The van der Waals surface area contributed by atoms with Crippen LogP contribution in [0.1, 0.15) is 86.0 Å². The van der Waals surface area contributed by atoms with Crippen LogP contribution in [0, 0.1) is 50.2 Å². The smallest absolute Gasteiger partial charge is 0.315 e. The van der Waals surface area contributed by atoms with E-state index >= 15 is 0 Å². The molecule has 0 aromatic rings.